The third-order valence-electron chi connectivity index (χ3n) is 4.45. The van der Waals surface area contributed by atoms with Crippen LogP contribution in [0.2, 0.25) is 0 Å². The highest BCUT2D eigenvalue weighted by Gasteiger charge is 2.29. The molecule has 0 fully saturated rings. The molecule has 0 spiro atoms. The third-order valence-corrected chi connectivity index (χ3v) is 5.62. The first-order chi connectivity index (χ1) is 12.9. The SMILES string of the molecule is COC(=O)NC(=O)c1c(NC(=O)c2cccc(F)c2)sc2c1CC[C@@H](C)C2. The molecule has 0 bridgehead atoms. The maximum Gasteiger partial charge on any atom is 0.413 e. The van der Waals surface area contributed by atoms with Crippen molar-refractivity contribution >= 4 is 34.2 Å². The van der Waals surface area contributed by atoms with Crippen molar-refractivity contribution in [2.24, 2.45) is 5.92 Å². The highest BCUT2D eigenvalue weighted by atomic mass is 32.1. The van der Waals surface area contributed by atoms with Gasteiger partial charge in [0.25, 0.3) is 11.8 Å². The average molecular weight is 390 g/mol. The van der Waals surface area contributed by atoms with Crippen LogP contribution in [0.15, 0.2) is 24.3 Å². The molecule has 3 rings (SSSR count). The summed E-state index contributed by atoms with van der Waals surface area (Å²) in [4.78, 5) is 37.6. The smallest absolute Gasteiger partial charge is 0.413 e. The minimum Gasteiger partial charge on any atom is -0.453 e. The zero-order valence-corrected chi connectivity index (χ0v) is 15.7. The molecule has 2 N–H and O–H groups in total. The molecular formula is C19H19FN2O4S. The van der Waals surface area contributed by atoms with Crippen LogP contribution in [-0.2, 0) is 17.6 Å². The molecule has 1 aromatic heterocycles. The van der Waals surface area contributed by atoms with Crippen LogP contribution in [0.3, 0.4) is 0 Å². The minimum absolute atomic E-state index is 0.147. The van der Waals surface area contributed by atoms with E-state index in [1.807, 2.05) is 0 Å². The fraction of sp³-hybridized carbons (Fsp3) is 0.316. The summed E-state index contributed by atoms with van der Waals surface area (Å²) in [5, 5.41) is 5.20. The Morgan fingerprint density at radius 1 is 1.26 bits per heavy atom. The van der Waals surface area contributed by atoms with Gasteiger partial charge in [-0.2, -0.15) is 0 Å². The van der Waals surface area contributed by atoms with Gasteiger partial charge in [0.15, 0.2) is 0 Å². The van der Waals surface area contributed by atoms with E-state index >= 15 is 0 Å². The Kier molecular flexibility index (Phi) is 5.55. The van der Waals surface area contributed by atoms with Crippen LogP contribution in [0.4, 0.5) is 14.2 Å². The van der Waals surface area contributed by atoms with Crippen molar-refractivity contribution in [3.8, 4) is 0 Å². The first-order valence-electron chi connectivity index (χ1n) is 8.49. The van der Waals surface area contributed by atoms with Crippen LogP contribution >= 0.6 is 11.3 Å². The zero-order chi connectivity index (χ0) is 19.6. The highest BCUT2D eigenvalue weighted by molar-refractivity contribution is 7.17. The Labute approximate surface area is 159 Å². The largest absolute Gasteiger partial charge is 0.453 e. The molecule has 8 heteroatoms. The van der Waals surface area contributed by atoms with Gasteiger partial charge in [0.05, 0.1) is 12.7 Å². The van der Waals surface area contributed by atoms with Crippen LogP contribution in [0.1, 0.15) is 44.5 Å². The standard InChI is InChI=1S/C19H19FN2O4S/c1-10-6-7-13-14(8-10)27-18(15(13)17(24)22-19(25)26-2)21-16(23)11-4-3-5-12(20)9-11/h3-5,9-10H,6-8H2,1-2H3,(H,21,23)(H,22,24,25)/t10-/m1/s1. The maximum atomic E-state index is 13.4. The number of hydrogen-bond donors (Lipinski definition) is 2. The van der Waals surface area contributed by atoms with E-state index in [-0.39, 0.29) is 11.1 Å². The van der Waals surface area contributed by atoms with Crippen molar-refractivity contribution < 1.29 is 23.5 Å². The summed E-state index contributed by atoms with van der Waals surface area (Å²) in [6.07, 6.45) is 1.53. The molecule has 1 heterocycles. The molecule has 2 aromatic rings. The Balaban J connectivity index is 1.95. The summed E-state index contributed by atoms with van der Waals surface area (Å²) in [6, 6.07) is 5.30. The lowest BCUT2D eigenvalue weighted by Gasteiger charge is -2.18. The first-order valence-corrected chi connectivity index (χ1v) is 9.31. The van der Waals surface area contributed by atoms with E-state index < -0.39 is 23.7 Å². The minimum atomic E-state index is -0.869. The average Bonchev–Trinajstić information content (AvgIpc) is 2.98. The Morgan fingerprint density at radius 2 is 2.04 bits per heavy atom. The Bertz CT molecular complexity index is 909. The topological polar surface area (TPSA) is 84.5 Å². The van der Waals surface area contributed by atoms with Crippen molar-refractivity contribution in [2.45, 2.75) is 26.2 Å². The van der Waals surface area contributed by atoms with Gasteiger partial charge in [-0.1, -0.05) is 13.0 Å². The van der Waals surface area contributed by atoms with Crippen molar-refractivity contribution in [3.63, 3.8) is 0 Å². The number of alkyl carbamates (subject to hydrolysis) is 1. The number of hydrogen-bond acceptors (Lipinski definition) is 5. The number of fused-ring (bicyclic) bond motifs is 1. The van der Waals surface area contributed by atoms with Crippen LogP contribution in [0.25, 0.3) is 0 Å². The van der Waals surface area contributed by atoms with Crippen molar-refractivity contribution in [2.75, 3.05) is 12.4 Å². The molecule has 0 unspecified atom stereocenters. The van der Waals surface area contributed by atoms with E-state index in [9.17, 15) is 18.8 Å². The lowest BCUT2D eigenvalue weighted by atomic mass is 9.88. The predicted molar refractivity (Wildman–Crippen MR) is 99.7 cm³/mol. The number of carbonyl (C=O) groups is 3. The third kappa shape index (κ3) is 4.16. The van der Waals surface area contributed by atoms with Crippen molar-refractivity contribution in [1.29, 1.82) is 0 Å². The number of halogens is 1. The Morgan fingerprint density at radius 3 is 2.74 bits per heavy atom. The Hall–Kier alpha value is -2.74. The fourth-order valence-electron chi connectivity index (χ4n) is 3.09. The molecule has 3 amide bonds. The number of amides is 3. The first kappa shape index (κ1) is 19.0. The van der Waals surface area contributed by atoms with Crippen molar-refractivity contribution in [1.82, 2.24) is 5.32 Å². The number of benzene rings is 1. The van der Waals surface area contributed by atoms with Gasteiger partial charge in [0.1, 0.15) is 10.8 Å². The zero-order valence-electron chi connectivity index (χ0n) is 14.9. The summed E-state index contributed by atoms with van der Waals surface area (Å²) < 4.78 is 17.9. The summed E-state index contributed by atoms with van der Waals surface area (Å²) in [5.74, 6) is -1.19. The molecular weight excluding hydrogens is 371 g/mol. The van der Waals surface area contributed by atoms with Gasteiger partial charge in [0, 0.05) is 10.4 Å². The van der Waals surface area contributed by atoms with Gasteiger partial charge in [-0.15, -0.1) is 11.3 Å². The quantitative estimate of drug-likeness (QED) is 0.836. The van der Waals surface area contributed by atoms with Crippen LogP contribution in [0, 0.1) is 11.7 Å². The van der Waals surface area contributed by atoms with E-state index in [1.54, 1.807) is 0 Å². The van der Waals surface area contributed by atoms with Crippen LogP contribution < -0.4 is 10.6 Å². The van der Waals surface area contributed by atoms with E-state index in [2.05, 4.69) is 22.3 Å². The van der Waals surface area contributed by atoms with E-state index in [4.69, 9.17) is 0 Å². The second-order valence-electron chi connectivity index (χ2n) is 6.47. The number of anilines is 1. The lowest BCUT2D eigenvalue weighted by molar-refractivity contribution is 0.0937. The molecule has 6 nitrogen and oxygen atoms in total. The molecule has 1 aromatic carbocycles. The second-order valence-corrected chi connectivity index (χ2v) is 7.57. The van der Waals surface area contributed by atoms with Gasteiger partial charge in [0.2, 0.25) is 0 Å². The van der Waals surface area contributed by atoms with E-state index in [0.29, 0.717) is 17.3 Å². The van der Waals surface area contributed by atoms with Gasteiger partial charge in [-0.25, -0.2) is 9.18 Å². The van der Waals surface area contributed by atoms with E-state index in [1.165, 1.54) is 36.6 Å². The normalized spacial score (nSPS) is 15.6. The molecule has 142 valence electrons. The van der Waals surface area contributed by atoms with E-state index in [0.717, 1.165) is 29.3 Å². The number of carbonyl (C=O) groups excluding carboxylic acids is 3. The fourth-order valence-corrected chi connectivity index (χ4v) is 4.49. The number of ether oxygens (including phenoxy) is 1. The van der Waals surface area contributed by atoms with Crippen LogP contribution in [0.5, 0.6) is 0 Å². The number of rotatable bonds is 3. The number of nitrogens with one attached hydrogen (secondary N) is 2. The second kappa shape index (κ2) is 7.87. The summed E-state index contributed by atoms with van der Waals surface area (Å²) in [7, 11) is 1.17. The van der Waals surface area contributed by atoms with Crippen molar-refractivity contribution in [3.05, 3.63) is 51.7 Å². The molecule has 0 aliphatic heterocycles. The molecule has 1 aliphatic carbocycles. The van der Waals surface area contributed by atoms with Gasteiger partial charge in [-0.05, 0) is 48.9 Å². The summed E-state index contributed by atoms with van der Waals surface area (Å²) in [6.45, 7) is 2.13. The van der Waals surface area contributed by atoms with Gasteiger partial charge < -0.3 is 10.1 Å². The molecule has 0 saturated heterocycles. The highest BCUT2D eigenvalue weighted by Crippen LogP contribution is 2.39. The summed E-state index contributed by atoms with van der Waals surface area (Å²) in [5.41, 5.74) is 1.26. The molecule has 27 heavy (non-hydrogen) atoms. The van der Waals surface area contributed by atoms with Gasteiger partial charge in [-0.3, -0.25) is 14.9 Å². The number of methoxy groups -OCH3 is 1. The molecule has 1 atom stereocenters. The van der Waals surface area contributed by atoms with Crippen LogP contribution in [-0.4, -0.2) is 25.0 Å². The van der Waals surface area contributed by atoms with Gasteiger partial charge >= 0.3 is 6.09 Å². The molecule has 0 radical (unpaired) electrons. The maximum absolute atomic E-state index is 13.4. The molecule has 1 aliphatic rings. The lowest BCUT2D eigenvalue weighted by Crippen LogP contribution is -2.31. The number of imide groups is 1. The number of thiophene rings is 1. The predicted octanol–water partition coefficient (Wildman–Crippen LogP) is 3.76. The monoisotopic (exact) mass is 390 g/mol. The molecule has 0 saturated carbocycles. The summed E-state index contributed by atoms with van der Waals surface area (Å²) >= 11 is 1.32.